The van der Waals surface area contributed by atoms with Gasteiger partial charge in [-0.05, 0) is 36.9 Å². The minimum absolute atomic E-state index is 0.703. The molecule has 2 heterocycles. The van der Waals surface area contributed by atoms with Gasteiger partial charge in [0, 0.05) is 6.42 Å². The fourth-order valence-electron chi connectivity index (χ4n) is 1.65. The zero-order chi connectivity index (χ0) is 13.7. The van der Waals surface area contributed by atoms with E-state index in [0.717, 1.165) is 45.8 Å². The Morgan fingerprint density at radius 3 is 2.89 bits per heavy atom. The van der Waals surface area contributed by atoms with Crippen molar-refractivity contribution in [2.75, 3.05) is 13.1 Å². The Balaban J connectivity index is 1.80. The molecule has 6 heteroatoms. The molecule has 3 nitrogen and oxygen atoms in total. The lowest BCUT2D eigenvalue weighted by atomic mass is 10.2. The van der Waals surface area contributed by atoms with E-state index in [-0.39, 0.29) is 0 Å². The Morgan fingerprint density at radius 2 is 2.21 bits per heavy atom. The first-order chi connectivity index (χ1) is 9.16. The number of halogens is 1. The maximum Gasteiger partial charge on any atom is 0.159 e. The molecule has 2 rings (SSSR count). The topological polar surface area (TPSA) is 37.8 Å². The summed E-state index contributed by atoms with van der Waals surface area (Å²) in [6.07, 6.45) is 2.07. The van der Waals surface area contributed by atoms with E-state index in [1.165, 1.54) is 0 Å². The average Bonchev–Trinajstić information content (AvgIpc) is 2.97. The van der Waals surface area contributed by atoms with Gasteiger partial charge >= 0.3 is 0 Å². The van der Waals surface area contributed by atoms with Crippen LogP contribution in [0.2, 0.25) is 5.02 Å². The van der Waals surface area contributed by atoms with Gasteiger partial charge in [-0.3, -0.25) is 0 Å². The van der Waals surface area contributed by atoms with Crippen LogP contribution in [0.25, 0.3) is 9.88 Å². The van der Waals surface area contributed by atoms with E-state index >= 15 is 0 Å². The van der Waals surface area contributed by atoms with E-state index in [9.17, 15) is 0 Å². The van der Waals surface area contributed by atoms with Crippen molar-refractivity contribution < 1.29 is 0 Å². The van der Waals surface area contributed by atoms with Gasteiger partial charge in [-0.25, -0.2) is 0 Å². The van der Waals surface area contributed by atoms with Gasteiger partial charge in [0.2, 0.25) is 0 Å². The molecule has 0 bridgehead atoms. The maximum absolute atomic E-state index is 6.10. The molecule has 0 spiro atoms. The summed E-state index contributed by atoms with van der Waals surface area (Å²) in [6, 6.07) is 1.90. The Kier molecular flexibility index (Phi) is 5.76. The van der Waals surface area contributed by atoms with Crippen molar-refractivity contribution in [1.29, 1.82) is 0 Å². The van der Waals surface area contributed by atoms with Crippen molar-refractivity contribution in [2.24, 2.45) is 5.92 Å². The Hall–Kier alpha value is -0.490. The first kappa shape index (κ1) is 14.9. The molecule has 19 heavy (non-hydrogen) atoms. The van der Waals surface area contributed by atoms with Crippen LogP contribution >= 0.6 is 34.3 Å². The highest BCUT2D eigenvalue weighted by Gasteiger charge is 2.11. The molecular weight excluding hydrogens is 298 g/mol. The summed E-state index contributed by atoms with van der Waals surface area (Å²) >= 11 is 9.36. The summed E-state index contributed by atoms with van der Waals surface area (Å²) < 4.78 is 0. The molecule has 0 atom stereocenters. The minimum atomic E-state index is 0.703. The van der Waals surface area contributed by atoms with E-state index < -0.39 is 0 Å². The molecule has 2 aromatic rings. The number of rotatable bonds is 7. The zero-order valence-electron chi connectivity index (χ0n) is 11.1. The Morgan fingerprint density at radius 1 is 1.37 bits per heavy atom. The van der Waals surface area contributed by atoms with Crippen LogP contribution in [0.15, 0.2) is 11.4 Å². The van der Waals surface area contributed by atoms with Crippen LogP contribution in [-0.2, 0) is 6.42 Å². The van der Waals surface area contributed by atoms with E-state index in [2.05, 4.69) is 29.4 Å². The van der Waals surface area contributed by atoms with Crippen molar-refractivity contribution in [2.45, 2.75) is 26.7 Å². The molecule has 1 N–H and O–H groups in total. The normalized spacial score (nSPS) is 11.4. The van der Waals surface area contributed by atoms with Gasteiger partial charge in [-0.15, -0.1) is 21.5 Å². The van der Waals surface area contributed by atoms with E-state index in [0.29, 0.717) is 5.92 Å². The van der Waals surface area contributed by atoms with Gasteiger partial charge in [-0.1, -0.05) is 36.8 Å². The summed E-state index contributed by atoms with van der Waals surface area (Å²) in [5.74, 6) is 0.703. The number of hydrogen-bond acceptors (Lipinski definition) is 5. The molecule has 0 aliphatic carbocycles. The first-order valence-electron chi connectivity index (χ1n) is 6.43. The smallest absolute Gasteiger partial charge is 0.159 e. The number of nitrogens with zero attached hydrogens (tertiary/aromatic N) is 2. The largest absolute Gasteiger partial charge is 0.316 e. The highest BCUT2D eigenvalue weighted by atomic mass is 35.5. The molecule has 0 aliphatic heterocycles. The Labute approximate surface area is 127 Å². The molecule has 0 aliphatic rings. The minimum Gasteiger partial charge on any atom is -0.316 e. The van der Waals surface area contributed by atoms with Gasteiger partial charge in [0.25, 0.3) is 0 Å². The van der Waals surface area contributed by atoms with Crippen LogP contribution in [0.3, 0.4) is 0 Å². The molecular formula is C13H18ClN3S2. The van der Waals surface area contributed by atoms with Gasteiger partial charge in [0.05, 0.1) is 9.90 Å². The van der Waals surface area contributed by atoms with Crippen molar-refractivity contribution >= 4 is 34.3 Å². The molecule has 104 valence electrons. The average molecular weight is 316 g/mol. The lowest BCUT2D eigenvalue weighted by Crippen LogP contribution is -2.21. The molecule has 0 radical (unpaired) electrons. The van der Waals surface area contributed by atoms with E-state index in [4.69, 9.17) is 11.6 Å². The molecule has 0 amide bonds. The molecule has 0 saturated carbocycles. The SMILES string of the molecule is CC(C)CNCCCc1nnc(-c2sccc2Cl)s1. The summed E-state index contributed by atoms with van der Waals surface area (Å²) in [5, 5.41) is 16.7. The van der Waals surface area contributed by atoms with Crippen molar-refractivity contribution in [1.82, 2.24) is 15.5 Å². The number of hydrogen-bond donors (Lipinski definition) is 1. The highest BCUT2D eigenvalue weighted by Crippen LogP contribution is 2.34. The lowest BCUT2D eigenvalue weighted by Gasteiger charge is -2.05. The zero-order valence-corrected chi connectivity index (χ0v) is 13.5. The second-order valence-electron chi connectivity index (χ2n) is 4.80. The van der Waals surface area contributed by atoms with E-state index in [1.807, 2.05) is 11.4 Å². The quantitative estimate of drug-likeness (QED) is 0.782. The van der Waals surface area contributed by atoms with Crippen LogP contribution in [0, 0.1) is 5.92 Å². The maximum atomic E-state index is 6.10. The van der Waals surface area contributed by atoms with Crippen LogP contribution in [-0.4, -0.2) is 23.3 Å². The van der Waals surface area contributed by atoms with Gasteiger partial charge < -0.3 is 5.32 Å². The number of nitrogens with one attached hydrogen (secondary N) is 1. The molecule has 2 aromatic heterocycles. The van der Waals surface area contributed by atoms with Crippen molar-refractivity contribution in [3.63, 3.8) is 0 Å². The van der Waals surface area contributed by atoms with Gasteiger partial charge in [0.1, 0.15) is 5.01 Å². The number of aromatic nitrogens is 2. The van der Waals surface area contributed by atoms with Gasteiger partial charge in [-0.2, -0.15) is 0 Å². The van der Waals surface area contributed by atoms with Crippen molar-refractivity contribution in [3.05, 3.63) is 21.5 Å². The second kappa shape index (κ2) is 7.33. The third-order valence-corrected chi connectivity index (χ3v) is 5.05. The molecule has 0 saturated heterocycles. The predicted octanol–water partition coefficient (Wildman–Crippen LogP) is 4.10. The fourth-order valence-corrected chi connectivity index (χ4v) is 3.83. The van der Waals surface area contributed by atoms with E-state index in [1.54, 1.807) is 22.7 Å². The number of thiophene rings is 1. The molecule has 0 aromatic carbocycles. The standard InChI is InChI=1S/C13H18ClN3S2/c1-9(2)8-15-6-3-4-11-16-17-13(19-11)12-10(14)5-7-18-12/h5,7,9,15H,3-4,6,8H2,1-2H3. The fraction of sp³-hybridized carbons (Fsp3) is 0.538. The molecule has 0 fully saturated rings. The first-order valence-corrected chi connectivity index (χ1v) is 8.50. The van der Waals surface area contributed by atoms with Crippen LogP contribution in [0.4, 0.5) is 0 Å². The second-order valence-corrected chi connectivity index (χ2v) is 7.19. The monoisotopic (exact) mass is 315 g/mol. The van der Waals surface area contributed by atoms with Crippen LogP contribution < -0.4 is 5.32 Å². The third-order valence-electron chi connectivity index (χ3n) is 2.58. The Bertz CT molecular complexity index is 507. The highest BCUT2D eigenvalue weighted by molar-refractivity contribution is 7.21. The third kappa shape index (κ3) is 4.53. The van der Waals surface area contributed by atoms with Gasteiger partial charge in [0.15, 0.2) is 5.01 Å². The summed E-state index contributed by atoms with van der Waals surface area (Å²) in [6.45, 7) is 6.54. The number of aryl methyl sites for hydroxylation is 1. The van der Waals surface area contributed by atoms with Crippen molar-refractivity contribution in [3.8, 4) is 9.88 Å². The van der Waals surface area contributed by atoms with Crippen LogP contribution in [0.1, 0.15) is 25.3 Å². The lowest BCUT2D eigenvalue weighted by molar-refractivity contribution is 0.542. The predicted molar refractivity (Wildman–Crippen MR) is 84.3 cm³/mol. The summed E-state index contributed by atoms with van der Waals surface area (Å²) in [5.41, 5.74) is 0. The molecule has 0 unspecified atom stereocenters. The van der Waals surface area contributed by atoms with Crippen LogP contribution in [0.5, 0.6) is 0 Å². The summed E-state index contributed by atoms with van der Waals surface area (Å²) in [4.78, 5) is 1.03. The summed E-state index contributed by atoms with van der Waals surface area (Å²) in [7, 11) is 0.